The molecule has 0 saturated carbocycles. The molecule has 0 bridgehead atoms. The molecule has 0 saturated heterocycles. The number of Topliss-reactive ketones (excluding diaryl/α,β-unsaturated/α-hetero) is 1. The summed E-state index contributed by atoms with van der Waals surface area (Å²) >= 11 is 0. The van der Waals surface area contributed by atoms with Gasteiger partial charge in [-0.15, -0.1) is 0 Å². The molecule has 104 valence electrons. The van der Waals surface area contributed by atoms with Crippen molar-refractivity contribution in [1.29, 1.82) is 0 Å². The second-order valence-corrected chi connectivity index (χ2v) is 3.87. The van der Waals surface area contributed by atoms with Gasteiger partial charge < -0.3 is 14.8 Å². The lowest BCUT2D eigenvalue weighted by Gasteiger charge is -2.16. The van der Waals surface area contributed by atoms with E-state index < -0.39 is 6.29 Å². The zero-order valence-electron chi connectivity index (χ0n) is 11.4. The summed E-state index contributed by atoms with van der Waals surface area (Å²) < 4.78 is 10.5. The summed E-state index contributed by atoms with van der Waals surface area (Å²) in [7, 11) is 0. The average molecular weight is 265 g/mol. The zero-order chi connectivity index (χ0) is 14.3. The van der Waals surface area contributed by atoms with Crippen LogP contribution in [0.5, 0.6) is 0 Å². The molecule has 0 aliphatic carbocycles. The Morgan fingerprint density at radius 3 is 2.37 bits per heavy atom. The van der Waals surface area contributed by atoms with Gasteiger partial charge in [-0.2, -0.15) is 0 Å². The highest BCUT2D eigenvalue weighted by Crippen LogP contribution is 2.14. The third-order valence-corrected chi connectivity index (χ3v) is 2.32. The van der Waals surface area contributed by atoms with Crippen LogP contribution in [0.4, 0.5) is 5.69 Å². The first-order chi connectivity index (χ1) is 9.08. The van der Waals surface area contributed by atoms with Crippen LogP contribution in [-0.2, 0) is 14.3 Å². The topological polar surface area (TPSA) is 64.6 Å². The van der Waals surface area contributed by atoms with Gasteiger partial charge in [0.05, 0.1) is 0 Å². The highest BCUT2D eigenvalue weighted by atomic mass is 16.7. The molecule has 0 radical (unpaired) electrons. The standard InChI is InChI=1S/C14H19NO4/c1-4-18-14(19-5-2)13(17)11-7-6-8-12(9-11)15-10(3)16/h6-9,14H,4-5H2,1-3H3,(H,15,16). The fourth-order valence-corrected chi connectivity index (χ4v) is 1.59. The third kappa shape index (κ3) is 4.81. The predicted octanol–water partition coefficient (Wildman–Crippen LogP) is 2.23. The van der Waals surface area contributed by atoms with E-state index in [0.29, 0.717) is 24.5 Å². The molecule has 0 spiro atoms. The van der Waals surface area contributed by atoms with Crippen LogP contribution >= 0.6 is 0 Å². The molecule has 1 aromatic carbocycles. The maximum atomic E-state index is 12.2. The van der Waals surface area contributed by atoms with Gasteiger partial charge in [-0.25, -0.2) is 0 Å². The summed E-state index contributed by atoms with van der Waals surface area (Å²) in [5.74, 6) is -0.438. The Morgan fingerprint density at radius 2 is 1.84 bits per heavy atom. The fourth-order valence-electron chi connectivity index (χ4n) is 1.59. The Kier molecular flexibility index (Phi) is 6.18. The van der Waals surface area contributed by atoms with Crippen molar-refractivity contribution >= 4 is 17.4 Å². The Balaban J connectivity index is 2.87. The van der Waals surface area contributed by atoms with Gasteiger partial charge in [-0.3, -0.25) is 9.59 Å². The van der Waals surface area contributed by atoms with Gasteiger partial charge >= 0.3 is 0 Å². The van der Waals surface area contributed by atoms with Crippen LogP contribution < -0.4 is 5.32 Å². The van der Waals surface area contributed by atoms with Crippen LogP contribution in [0.25, 0.3) is 0 Å². The number of amides is 1. The van der Waals surface area contributed by atoms with Gasteiger partial charge in [0.1, 0.15) is 0 Å². The van der Waals surface area contributed by atoms with E-state index in [2.05, 4.69) is 5.32 Å². The number of hydrogen-bond acceptors (Lipinski definition) is 4. The first kappa shape index (κ1) is 15.3. The predicted molar refractivity (Wildman–Crippen MR) is 72.1 cm³/mol. The minimum Gasteiger partial charge on any atom is -0.346 e. The van der Waals surface area contributed by atoms with Gasteiger partial charge in [-0.05, 0) is 26.0 Å². The van der Waals surface area contributed by atoms with Crippen molar-refractivity contribution < 1.29 is 19.1 Å². The van der Waals surface area contributed by atoms with Crippen molar-refractivity contribution in [3.05, 3.63) is 29.8 Å². The number of rotatable bonds is 7. The molecule has 19 heavy (non-hydrogen) atoms. The van der Waals surface area contributed by atoms with E-state index in [1.54, 1.807) is 38.1 Å². The molecule has 1 aromatic rings. The molecule has 0 aromatic heterocycles. The maximum Gasteiger partial charge on any atom is 0.222 e. The summed E-state index contributed by atoms with van der Waals surface area (Å²) in [6, 6.07) is 6.69. The molecule has 5 heteroatoms. The number of carbonyl (C=O) groups excluding carboxylic acids is 2. The zero-order valence-corrected chi connectivity index (χ0v) is 11.4. The highest BCUT2D eigenvalue weighted by Gasteiger charge is 2.20. The molecular formula is C14H19NO4. The Labute approximate surface area is 112 Å². The minimum atomic E-state index is -0.900. The molecule has 5 nitrogen and oxygen atoms in total. The third-order valence-electron chi connectivity index (χ3n) is 2.32. The number of carbonyl (C=O) groups is 2. The lowest BCUT2D eigenvalue weighted by molar-refractivity contribution is -0.114. The lowest BCUT2D eigenvalue weighted by atomic mass is 10.1. The highest BCUT2D eigenvalue weighted by molar-refractivity contribution is 6.00. The largest absolute Gasteiger partial charge is 0.346 e. The first-order valence-electron chi connectivity index (χ1n) is 6.23. The molecule has 1 N–H and O–H groups in total. The van der Waals surface area contributed by atoms with Crippen molar-refractivity contribution in [2.75, 3.05) is 18.5 Å². The average Bonchev–Trinajstić information content (AvgIpc) is 2.37. The van der Waals surface area contributed by atoms with E-state index >= 15 is 0 Å². The fraction of sp³-hybridized carbons (Fsp3) is 0.429. The van der Waals surface area contributed by atoms with Crippen molar-refractivity contribution in [3.63, 3.8) is 0 Å². The Morgan fingerprint density at radius 1 is 1.21 bits per heavy atom. The summed E-state index contributed by atoms with van der Waals surface area (Å²) in [5, 5.41) is 2.63. The second kappa shape index (κ2) is 7.66. The van der Waals surface area contributed by atoms with Gasteiger partial charge in [0, 0.05) is 31.4 Å². The van der Waals surface area contributed by atoms with E-state index in [0.717, 1.165) is 0 Å². The van der Waals surface area contributed by atoms with Crippen molar-refractivity contribution in [2.45, 2.75) is 27.1 Å². The van der Waals surface area contributed by atoms with E-state index in [4.69, 9.17) is 9.47 Å². The Hall–Kier alpha value is -1.72. The number of hydrogen-bond donors (Lipinski definition) is 1. The monoisotopic (exact) mass is 265 g/mol. The summed E-state index contributed by atoms with van der Waals surface area (Å²) in [6.45, 7) is 5.79. The van der Waals surface area contributed by atoms with Crippen LogP contribution in [-0.4, -0.2) is 31.2 Å². The summed E-state index contributed by atoms with van der Waals surface area (Å²) in [4.78, 5) is 23.2. The molecule has 0 fully saturated rings. The van der Waals surface area contributed by atoms with Gasteiger partial charge in [0.25, 0.3) is 0 Å². The van der Waals surface area contributed by atoms with Crippen molar-refractivity contribution in [2.24, 2.45) is 0 Å². The van der Waals surface area contributed by atoms with E-state index in [9.17, 15) is 9.59 Å². The quantitative estimate of drug-likeness (QED) is 0.606. The van der Waals surface area contributed by atoms with Crippen molar-refractivity contribution in [1.82, 2.24) is 0 Å². The van der Waals surface area contributed by atoms with E-state index in [1.807, 2.05) is 0 Å². The molecule has 0 aliphatic rings. The van der Waals surface area contributed by atoms with Gasteiger partial charge in [0.2, 0.25) is 18.0 Å². The normalized spacial score (nSPS) is 10.5. The molecule has 0 unspecified atom stereocenters. The molecule has 0 heterocycles. The minimum absolute atomic E-state index is 0.184. The van der Waals surface area contributed by atoms with Crippen LogP contribution in [0.15, 0.2) is 24.3 Å². The van der Waals surface area contributed by atoms with Crippen LogP contribution in [0.3, 0.4) is 0 Å². The SMILES string of the molecule is CCOC(OCC)C(=O)c1cccc(NC(C)=O)c1. The maximum absolute atomic E-state index is 12.2. The molecule has 1 amide bonds. The summed E-state index contributed by atoms with van der Waals surface area (Å²) in [6.07, 6.45) is -0.900. The lowest BCUT2D eigenvalue weighted by Crippen LogP contribution is -2.27. The smallest absolute Gasteiger partial charge is 0.222 e. The number of nitrogens with one attached hydrogen (secondary N) is 1. The second-order valence-electron chi connectivity index (χ2n) is 3.87. The van der Waals surface area contributed by atoms with Gasteiger partial charge in [-0.1, -0.05) is 12.1 Å². The molecule has 0 atom stereocenters. The van der Waals surface area contributed by atoms with Crippen LogP contribution in [0, 0.1) is 0 Å². The van der Waals surface area contributed by atoms with E-state index in [-0.39, 0.29) is 11.7 Å². The van der Waals surface area contributed by atoms with Crippen LogP contribution in [0.2, 0.25) is 0 Å². The molecule has 1 rings (SSSR count). The summed E-state index contributed by atoms with van der Waals surface area (Å²) in [5.41, 5.74) is 1.02. The Bertz CT molecular complexity index is 439. The molecular weight excluding hydrogens is 246 g/mol. The first-order valence-corrected chi connectivity index (χ1v) is 6.23. The van der Waals surface area contributed by atoms with Crippen molar-refractivity contribution in [3.8, 4) is 0 Å². The number of ketones is 1. The van der Waals surface area contributed by atoms with Crippen LogP contribution in [0.1, 0.15) is 31.1 Å². The number of anilines is 1. The molecule has 0 aliphatic heterocycles. The van der Waals surface area contributed by atoms with Gasteiger partial charge in [0.15, 0.2) is 0 Å². The van der Waals surface area contributed by atoms with E-state index in [1.165, 1.54) is 6.92 Å². The number of benzene rings is 1. The number of ether oxygens (including phenoxy) is 2.